The molecular formula is C13H16N2O. The molecule has 0 saturated heterocycles. The Morgan fingerprint density at radius 1 is 1.56 bits per heavy atom. The average Bonchev–Trinajstić information content (AvgIpc) is 2.26. The second kappa shape index (κ2) is 6.65. The van der Waals surface area contributed by atoms with Crippen molar-refractivity contribution in [1.29, 1.82) is 5.26 Å². The summed E-state index contributed by atoms with van der Waals surface area (Å²) in [6, 6.07) is 9.66. The Kier molecular flexibility index (Phi) is 5.10. The Morgan fingerprint density at radius 2 is 2.38 bits per heavy atom. The Labute approximate surface area is 96.4 Å². The lowest BCUT2D eigenvalue weighted by atomic mass is 10.2. The van der Waals surface area contributed by atoms with E-state index in [0.29, 0.717) is 0 Å². The van der Waals surface area contributed by atoms with Crippen LogP contribution in [-0.4, -0.2) is 13.2 Å². The molecule has 0 saturated carbocycles. The lowest BCUT2D eigenvalue weighted by Gasteiger charge is -2.06. The molecule has 1 aromatic rings. The van der Waals surface area contributed by atoms with Crippen LogP contribution in [0.15, 0.2) is 36.4 Å². The van der Waals surface area contributed by atoms with Gasteiger partial charge >= 0.3 is 0 Å². The predicted molar refractivity (Wildman–Crippen MR) is 64.1 cm³/mol. The number of nitrogens with zero attached hydrogens (tertiary/aromatic N) is 1. The maximum atomic E-state index is 8.40. The molecule has 0 aliphatic heterocycles. The molecule has 3 nitrogen and oxygen atoms in total. The van der Waals surface area contributed by atoms with Gasteiger partial charge in [0.05, 0.1) is 0 Å². The summed E-state index contributed by atoms with van der Waals surface area (Å²) >= 11 is 0. The maximum absolute atomic E-state index is 8.40. The fourth-order valence-corrected chi connectivity index (χ4v) is 1.28. The van der Waals surface area contributed by atoms with E-state index < -0.39 is 0 Å². The number of hydrogen-bond donors (Lipinski definition) is 1. The summed E-state index contributed by atoms with van der Waals surface area (Å²) in [5.41, 5.74) is 2.24. The van der Waals surface area contributed by atoms with Crippen LogP contribution in [0.1, 0.15) is 12.5 Å². The quantitative estimate of drug-likeness (QED) is 0.742. The van der Waals surface area contributed by atoms with Crippen molar-refractivity contribution in [2.75, 3.05) is 13.2 Å². The molecule has 3 heteroatoms. The first kappa shape index (κ1) is 12.3. The molecule has 0 spiro atoms. The molecule has 0 heterocycles. The van der Waals surface area contributed by atoms with Crippen molar-refractivity contribution in [3.05, 3.63) is 42.0 Å². The van der Waals surface area contributed by atoms with Crippen molar-refractivity contribution in [2.45, 2.75) is 13.5 Å². The van der Waals surface area contributed by atoms with Crippen LogP contribution in [0.3, 0.4) is 0 Å². The van der Waals surface area contributed by atoms with Crippen LogP contribution in [0.2, 0.25) is 0 Å². The van der Waals surface area contributed by atoms with Crippen LogP contribution in [0, 0.1) is 11.3 Å². The van der Waals surface area contributed by atoms with E-state index in [1.54, 1.807) is 0 Å². The van der Waals surface area contributed by atoms with Gasteiger partial charge in [-0.05, 0) is 24.6 Å². The van der Waals surface area contributed by atoms with Gasteiger partial charge < -0.3 is 10.1 Å². The van der Waals surface area contributed by atoms with Crippen molar-refractivity contribution < 1.29 is 4.74 Å². The average molecular weight is 216 g/mol. The monoisotopic (exact) mass is 216 g/mol. The SMILES string of the molecule is C=C(C)CNCc1cccc(OCC#N)c1. The van der Waals surface area contributed by atoms with Gasteiger partial charge in [-0.1, -0.05) is 24.3 Å². The van der Waals surface area contributed by atoms with Crippen molar-refractivity contribution in [3.8, 4) is 11.8 Å². The molecule has 0 atom stereocenters. The molecule has 0 aliphatic carbocycles. The van der Waals surface area contributed by atoms with Gasteiger partial charge in [0.2, 0.25) is 0 Å². The lowest BCUT2D eigenvalue weighted by Crippen LogP contribution is -2.15. The zero-order valence-electron chi connectivity index (χ0n) is 9.49. The molecule has 0 radical (unpaired) electrons. The number of nitrogens with one attached hydrogen (secondary N) is 1. The Balaban J connectivity index is 2.47. The summed E-state index contributed by atoms with van der Waals surface area (Å²) in [7, 11) is 0. The summed E-state index contributed by atoms with van der Waals surface area (Å²) in [6.45, 7) is 7.48. The molecule has 16 heavy (non-hydrogen) atoms. The minimum Gasteiger partial charge on any atom is -0.479 e. The van der Waals surface area contributed by atoms with E-state index >= 15 is 0 Å². The molecule has 1 rings (SSSR count). The second-order valence-electron chi connectivity index (χ2n) is 3.65. The van der Waals surface area contributed by atoms with Gasteiger partial charge in [0.25, 0.3) is 0 Å². The summed E-state index contributed by atoms with van der Waals surface area (Å²) in [4.78, 5) is 0. The van der Waals surface area contributed by atoms with Crippen LogP contribution < -0.4 is 10.1 Å². The van der Waals surface area contributed by atoms with Gasteiger partial charge in [-0.2, -0.15) is 5.26 Å². The highest BCUT2D eigenvalue weighted by molar-refractivity contribution is 5.28. The molecule has 0 amide bonds. The summed E-state index contributed by atoms with van der Waals surface area (Å²) < 4.78 is 5.22. The van der Waals surface area contributed by atoms with Gasteiger partial charge in [0.1, 0.15) is 11.8 Å². The normalized spacial score (nSPS) is 9.50. The van der Waals surface area contributed by atoms with Gasteiger partial charge in [-0.15, -0.1) is 0 Å². The van der Waals surface area contributed by atoms with Gasteiger partial charge in [0.15, 0.2) is 6.61 Å². The van der Waals surface area contributed by atoms with Crippen molar-refractivity contribution in [2.24, 2.45) is 0 Å². The van der Waals surface area contributed by atoms with Crippen molar-refractivity contribution >= 4 is 0 Å². The zero-order valence-corrected chi connectivity index (χ0v) is 9.49. The summed E-state index contributed by atoms with van der Waals surface area (Å²) in [6.07, 6.45) is 0. The molecule has 1 aromatic carbocycles. The molecule has 0 fully saturated rings. The second-order valence-corrected chi connectivity index (χ2v) is 3.65. The largest absolute Gasteiger partial charge is 0.479 e. The first-order valence-electron chi connectivity index (χ1n) is 5.16. The summed E-state index contributed by atoms with van der Waals surface area (Å²) in [5.74, 6) is 0.733. The smallest absolute Gasteiger partial charge is 0.174 e. The zero-order chi connectivity index (χ0) is 11.8. The summed E-state index contributed by atoms with van der Waals surface area (Å²) in [5, 5.41) is 11.7. The van der Waals surface area contributed by atoms with Crippen LogP contribution >= 0.6 is 0 Å². The van der Waals surface area contributed by atoms with Gasteiger partial charge in [0, 0.05) is 13.1 Å². The number of rotatable bonds is 6. The molecule has 84 valence electrons. The lowest BCUT2D eigenvalue weighted by molar-refractivity contribution is 0.367. The van der Waals surface area contributed by atoms with Crippen LogP contribution in [0.25, 0.3) is 0 Å². The molecule has 0 bridgehead atoms. The fraction of sp³-hybridized carbons (Fsp3) is 0.308. The van der Waals surface area contributed by atoms with E-state index in [9.17, 15) is 0 Å². The van der Waals surface area contributed by atoms with Crippen molar-refractivity contribution in [3.63, 3.8) is 0 Å². The third-order valence-corrected chi connectivity index (χ3v) is 1.96. The number of benzene rings is 1. The highest BCUT2D eigenvalue weighted by Crippen LogP contribution is 2.12. The van der Waals surface area contributed by atoms with Gasteiger partial charge in [-0.25, -0.2) is 0 Å². The highest BCUT2D eigenvalue weighted by atomic mass is 16.5. The van der Waals surface area contributed by atoms with E-state index in [0.717, 1.165) is 30.0 Å². The van der Waals surface area contributed by atoms with Crippen LogP contribution in [-0.2, 0) is 6.54 Å². The molecule has 0 aromatic heterocycles. The number of hydrogen-bond acceptors (Lipinski definition) is 3. The van der Waals surface area contributed by atoms with E-state index in [-0.39, 0.29) is 6.61 Å². The Morgan fingerprint density at radius 3 is 3.06 bits per heavy atom. The van der Waals surface area contributed by atoms with Crippen LogP contribution in [0.5, 0.6) is 5.75 Å². The van der Waals surface area contributed by atoms with Crippen LogP contribution in [0.4, 0.5) is 0 Å². The number of ether oxygens (including phenoxy) is 1. The molecule has 0 unspecified atom stereocenters. The first-order valence-corrected chi connectivity index (χ1v) is 5.16. The Hall–Kier alpha value is -1.79. The predicted octanol–water partition coefficient (Wildman–Crippen LogP) is 2.25. The van der Waals surface area contributed by atoms with E-state index in [2.05, 4.69) is 11.9 Å². The highest BCUT2D eigenvalue weighted by Gasteiger charge is 1.96. The van der Waals surface area contributed by atoms with E-state index in [1.807, 2.05) is 37.3 Å². The van der Waals surface area contributed by atoms with Crippen molar-refractivity contribution in [1.82, 2.24) is 5.32 Å². The fourth-order valence-electron chi connectivity index (χ4n) is 1.28. The van der Waals surface area contributed by atoms with Gasteiger partial charge in [-0.3, -0.25) is 0 Å². The topological polar surface area (TPSA) is 45.0 Å². The molecular weight excluding hydrogens is 200 g/mol. The number of nitriles is 1. The minimum absolute atomic E-state index is 0.0860. The molecule has 1 N–H and O–H groups in total. The minimum atomic E-state index is 0.0860. The van der Waals surface area contributed by atoms with E-state index in [4.69, 9.17) is 10.00 Å². The third-order valence-electron chi connectivity index (χ3n) is 1.96. The molecule has 0 aliphatic rings. The first-order chi connectivity index (χ1) is 7.72. The van der Waals surface area contributed by atoms with E-state index in [1.165, 1.54) is 0 Å². The third kappa shape index (κ3) is 4.63. The Bertz CT molecular complexity index is 393. The maximum Gasteiger partial charge on any atom is 0.174 e. The standard InChI is InChI=1S/C13H16N2O/c1-11(2)9-15-10-12-4-3-5-13(8-12)16-7-6-14/h3-5,8,15H,1,7,9-10H2,2H3.